The Hall–Kier alpha value is -13.0. The van der Waals surface area contributed by atoms with Gasteiger partial charge in [-0.1, -0.05) is 279 Å². The van der Waals surface area contributed by atoms with Gasteiger partial charge in [0, 0.05) is 67.8 Å². The van der Waals surface area contributed by atoms with Gasteiger partial charge in [0.05, 0.1) is 0 Å². The molecule has 0 unspecified atom stereocenters. The maximum atomic E-state index is 6.97. The van der Waals surface area contributed by atoms with Crippen LogP contribution >= 0.6 is 0 Å². The fourth-order valence-corrected chi connectivity index (χ4v) is 16.6. The molecule has 0 atom stereocenters. The first-order chi connectivity index (χ1) is 50.6. The Balaban J connectivity index is 0.000000138. The average Bonchev–Trinajstić information content (AvgIpc) is 1.46. The van der Waals surface area contributed by atoms with Crippen molar-refractivity contribution in [3.63, 3.8) is 0 Å². The van der Waals surface area contributed by atoms with Gasteiger partial charge in [-0.25, -0.2) is 0 Å². The second kappa shape index (κ2) is 24.5. The summed E-state index contributed by atoms with van der Waals surface area (Å²) < 4.78 is 13.9. The fourth-order valence-electron chi connectivity index (χ4n) is 16.6. The molecular formula is C98H66N2O2. The van der Waals surface area contributed by atoms with Gasteiger partial charge in [0.2, 0.25) is 0 Å². The highest BCUT2D eigenvalue weighted by Crippen LogP contribution is 2.51. The van der Waals surface area contributed by atoms with Crippen LogP contribution in [0.3, 0.4) is 0 Å². The van der Waals surface area contributed by atoms with Gasteiger partial charge in [0.15, 0.2) is 11.2 Å². The summed E-state index contributed by atoms with van der Waals surface area (Å²) in [4.78, 5) is 4.81. The molecule has 4 heterocycles. The molecule has 2 aliphatic heterocycles. The van der Waals surface area contributed by atoms with Gasteiger partial charge in [-0.2, -0.15) is 0 Å². The van der Waals surface area contributed by atoms with Gasteiger partial charge in [-0.05, 0) is 207 Å². The lowest BCUT2D eigenvalue weighted by molar-refractivity contribution is 0.633. The Morgan fingerprint density at radius 1 is 0.206 bits per heavy atom. The minimum absolute atomic E-state index is 0.788. The van der Waals surface area contributed by atoms with Crippen LogP contribution in [0.15, 0.2) is 361 Å². The Morgan fingerprint density at radius 3 is 0.990 bits per heavy atom. The van der Waals surface area contributed by atoms with Crippen LogP contribution in [0.1, 0.15) is 22.3 Å². The molecule has 102 heavy (non-hydrogen) atoms. The van der Waals surface area contributed by atoms with Crippen LogP contribution in [0.2, 0.25) is 0 Å². The van der Waals surface area contributed by atoms with E-state index in [0.717, 1.165) is 80.9 Å². The second-order valence-electron chi connectivity index (χ2n) is 27.2. The molecule has 21 rings (SSSR count). The number of anilines is 6. The molecule has 2 aromatic heterocycles. The van der Waals surface area contributed by atoms with Gasteiger partial charge in [0.1, 0.15) is 11.2 Å². The normalized spacial score (nSPS) is 12.7. The number of nitrogens with zero attached hydrogens (tertiary/aromatic N) is 2. The molecule has 19 aromatic rings. The molecule has 17 aromatic carbocycles. The number of benzene rings is 17. The van der Waals surface area contributed by atoms with Gasteiger partial charge in [-0.15, -0.1) is 0 Å². The third kappa shape index (κ3) is 9.97. The molecule has 0 N–H and O–H groups in total. The summed E-state index contributed by atoms with van der Waals surface area (Å²) in [5, 5.41) is 14.2. The summed E-state index contributed by atoms with van der Waals surface area (Å²) in [5.74, 6) is 0. The Labute approximate surface area is 591 Å². The van der Waals surface area contributed by atoms with E-state index >= 15 is 0 Å². The highest BCUT2D eigenvalue weighted by molar-refractivity contribution is 6.34. The summed E-state index contributed by atoms with van der Waals surface area (Å²) in [6.45, 7) is 0. The van der Waals surface area contributed by atoms with E-state index in [1.807, 2.05) is 0 Å². The highest BCUT2D eigenvalue weighted by atomic mass is 16.4. The highest BCUT2D eigenvalue weighted by Gasteiger charge is 2.28. The number of fused-ring (bicyclic) bond motifs is 17. The second-order valence-corrected chi connectivity index (χ2v) is 27.2. The van der Waals surface area contributed by atoms with Gasteiger partial charge < -0.3 is 18.6 Å². The van der Waals surface area contributed by atoms with Crippen LogP contribution in [-0.2, 0) is 25.7 Å². The van der Waals surface area contributed by atoms with Crippen molar-refractivity contribution in [1.29, 1.82) is 0 Å². The maximum Gasteiger partial charge on any atom is 0.179 e. The zero-order valence-corrected chi connectivity index (χ0v) is 56.0. The van der Waals surface area contributed by atoms with E-state index in [1.54, 1.807) is 0 Å². The van der Waals surface area contributed by atoms with E-state index in [0.29, 0.717) is 0 Å². The summed E-state index contributed by atoms with van der Waals surface area (Å²) in [7, 11) is 0. The van der Waals surface area contributed by atoms with Crippen molar-refractivity contribution in [2.45, 2.75) is 25.7 Å². The molecule has 0 saturated carbocycles. The monoisotopic (exact) mass is 1300 g/mol. The third-order valence-electron chi connectivity index (χ3n) is 21.5. The van der Waals surface area contributed by atoms with E-state index in [2.05, 4.69) is 362 Å². The third-order valence-corrected chi connectivity index (χ3v) is 21.5. The number of aryl methyl sites for hydroxylation is 4. The van der Waals surface area contributed by atoms with Crippen LogP contribution in [-0.4, -0.2) is 0 Å². The molecule has 0 fully saturated rings. The Morgan fingerprint density at radius 2 is 0.529 bits per heavy atom. The van der Waals surface area contributed by atoms with Gasteiger partial charge in [0.25, 0.3) is 0 Å². The minimum atomic E-state index is 0.788. The predicted molar refractivity (Wildman–Crippen MR) is 429 cm³/mol. The molecule has 0 radical (unpaired) electrons. The van der Waals surface area contributed by atoms with E-state index in [9.17, 15) is 0 Å². The van der Waals surface area contributed by atoms with Gasteiger partial charge >= 0.3 is 0 Å². The molecule has 4 nitrogen and oxygen atoms in total. The lowest BCUT2D eigenvalue weighted by atomic mass is 9.84. The van der Waals surface area contributed by atoms with Crippen LogP contribution in [0.25, 0.3) is 143 Å². The minimum Gasteiger partial charge on any atom is -0.452 e. The SMILES string of the molecule is c1ccc(-c2ccc(-c3c4ccccc4c(-c4ccc(-c5ccccc5)cc4)c4cc(-c5ccc6ccccc6c5)ccc34)cc2)cc1.c1ccc2c(c1)CCc1ccccc1N2c1ccc2c(c1)oc1c3oc4cc(N5c6ccccc6CCc6ccccc65)ccc4c3c3ccccc3c21. The number of para-hydroxylation sites is 4. The molecule has 0 bridgehead atoms. The molecule has 0 spiro atoms. The molecular weight excluding hydrogens is 1240 g/mol. The van der Waals surface area contributed by atoms with Crippen molar-refractivity contribution in [2.24, 2.45) is 0 Å². The Kier molecular flexibility index (Phi) is 14.2. The van der Waals surface area contributed by atoms with E-state index in [-0.39, 0.29) is 0 Å². The van der Waals surface area contributed by atoms with Crippen LogP contribution < -0.4 is 9.80 Å². The lowest BCUT2D eigenvalue weighted by Crippen LogP contribution is -2.11. The average molecular weight is 1300 g/mol. The van der Waals surface area contributed by atoms with Crippen LogP contribution in [0.4, 0.5) is 34.1 Å². The topological polar surface area (TPSA) is 32.8 Å². The number of hydrogen-bond acceptors (Lipinski definition) is 4. The number of hydrogen-bond donors (Lipinski definition) is 0. The smallest absolute Gasteiger partial charge is 0.179 e. The fraction of sp³-hybridized carbons (Fsp3) is 0.0408. The van der Waals surface area contributed by atoms with Crippen LogP contribution in [0, 0.1) is 0 Å². The summed E-state index contributed by atoms with van der Waals surface area (Å²) in [6.07, 6.45) is 4.02. The van der Waals surface area contributed by atoms with E-state index < -0.39 is 0 Å². The van der Waals surface area contributed by atoms with Crippen molar-refractivity contribution in [2.75, 3.05) is 9.80 Å². The molecule has 480 valence electrons. The Bertz CT molecular complexity index is 6200. The van der Waals surface area contributed by atoms with Crippen molar-refractivity contribution in [1.82, 2.24) is 0 Å². The zero-order valence-electron chi connectivity index (χ0n) is 56.0. The van der Waals surface area contributed by atoms with Crippen molar-refractivity contribution < 1.29 is 8.83 Å². The summed E-state index contributed by atoms with van der Waals surface area (Å²) >= 11 is 0. The number of rotatable bonds is 7. The first kappa shape index (κ1) is 59.1. The van der Waals surface area contributed by atoms with Crippen molar-refractivity contribution >= 4 is 121 Å². The van der Waals surface area contributed by atoms with Crippen LogP contribution in [0.5, 0.6) is 0 Å². The molecule has 0 amide bonds. The van der Waals surface area contributed by atoms with Crippen molar-refractivity contribution in [3.8, 4) is 55.6 Å². The molecule has 0 aliphatic carbocycles. The molecule has 4 heteroatoms. The van der Waals surface area contributed by atoms with Crippen molar-refractivity contribution in [3.05, 3.63) is 374 Å². The molecule has 2 aliphatic rings. The zero-order chi connectivity index (χ0) is 67.2. The lowest BCUT2D eigenvalue weighted by Gasteiger charge is -2.27. The predicted octanol–water partition coefficient (Wildman–Crippen LogP) is 27.3. The van der Waals surface area contributed by atoms with E-state index in [1.165, 1.54) is 144 Å². The standard InChI is InChI=1S/C50H34N2O2.C48H32/c1-7-17-41-31(11-1)21-22-32-12-2-8-18-42(32)51(41)35-25-27-39-45(29-35)53-49-47(39)37-15-5-6-16-38(37)48-40-28-26-36(30-46(40)54-50(48)49)52-43-19-9-3-13-33(43)23-24-34-14-4-10-20-44(34)52;1-3-11-33(12-4-1)36-19-24-38(25-20-36)47-43-17-9-10-18-44(43)48(39-26-21-37(22-27-39)34-13-5-2-6-14-34)46-32-42(29-30-45(46)47)41-28-23-35-15-7-8-16-40(35)31-41/h1-20,25-30H,21-24H2;1-32H. The van der Waals surface area contributed by atoms with E-state index in [4.69, 9.17) is 8.83 Å². The first-order valence-electron chi connectivity index (χ1n) is 35.5. The van der Waals surface area contributed by atoms with Gasteiger partial charge in [-0.3, -0.25) is 0 Å². The first-order valence-corrected chi connectivity index (χ1v) is 35.5. The largest absolute Gasteiger partial charge is 0.452 e. The maximum absolute atomic E-state index is 6.97. The summed E-state index contributed by atoms with van der Waals surface area (Å²) in [5.41, 5.74) is 28.0. The number of furan rings is 2. The molecule has 0 saturated heterocycles. The summed E-state index contributed by atoms with van der Waals surface area (Å²) in [6, 6.07) is 128. The quantitative estimate of drug-likeness (QED) is 0.149.